The molecule has 4 heterocycles. The number of H-pyrrole nitrogens is 1. The van der Waals surface area contributed by atoms with Crippen LogP contribution >= 0.6 is 0 Å². The molecule has 12 heteroatoms. The number of likely N-dealkylation sites (tertiary alicyclic amines) is 1. The summed E-state index contributed by atoms with van der Waals surface area (Å²) in [7, 11) is -4.31. The van der Waals surface area contributed by atoms with Crippen molar-refractivity contribution >= 4 is 27.0 Å². The largest absolute Gasteiger partial charge is 0.416 e. The number of amides is 1. The highest BCUT2D eigenvalue weighted by molar-refractivity contribution is 7.89. The van der Waals surface area contributed by atoms with E-state index in [1.807, 2.05) is 29.8 Å². The Kier molecular flexibility index (Phi) is 6.93. The molecule has 41 heavy (non-hydrogen) atoms. The zero-order valence-electron chi connectivity index (χ0n) is 22.4. The molecule has 0 bridgehead atoms. The smallest absolute Gasteiger partial charge is 0.349 e. The van der Waals surface area contributed by atoms with Crippen LogP contribution in [0.25, 0.3) is 11.0 Å². The predicted molar refractivity (Wildman–Crippen MR) is 147 cm³/mol. The molecule has 2 aliphatic rings. The highest BCUT2D eigenvalue weighted by Crippen LogP contribution is 2.37. The number of aryl methyl sites for hydroxylation is 1. The van der Waals surface area contributed by atoms with Crippen LogP contribution in [0.2, 0.25) is 0 Å². The number of halogens is 3. The van der Waals surface area contributed by atoms with Crippen molar-refractivity contribution in [3.05, 3.63) is 83.4 Å². The molecule has 4 aromatic rings. The third kappa shape index (κ3) is 5.26. The highest BCUT2D eigenvalue weighted by atomic mass is 32.2. The molecule has 2 aromatic heterocycles. The number of carbonyl (C=O) groups excluding carboxylic acids is 1. The second-order valence-electron chi connectivity index (χ2n) is 10.8. The summed E-state index contributed by atoms with van der Waals surface area (Å²) in [6, 6.07) is 12.6. The van der Waals surface area contributed by atoms with Crippen LogP contribution in [0, 0.1) is 6.92 Å². The van der Waals surface area contributed by atoms with E-state index < -0.39 is 32.7 Å². The van der Waals surface area contributed by atoms with Crippen molar-refractivity contribution < 1.29 is 26.4 Å². The average molecular weight is 586 g/mol. The lowest BCUT2D eigenvalue weighted by molar-refractivity contribution is -0.137. The van der Waals surface area contributed by atoms with Crippen molar-refractivity contribution in [1.82, 2.24) is 23.7 Å². The molecule has 0 saturated carbocycles. The summed E-state index contributed by atoms with van der Waals surface area (Å²) >= 11 is 0. The lowest BCUT2D eigenvalue weighted by atomic mass is 9.95. The first kappa shape index (κ1) is 27.5. The number of imidazole rings is 1. The summed E-state index contributed by atoms with van der Waals surface area (Å²) < 4.78 is 70.5. The SMILES string of the molecule is Cc1ccc2nc(C3CCN(C(=O)CC4c5cccn5CCN4S(=O)(=O)c4cccc(C(F)(F)F)c4)CC3)[nH]c2c1. The highest BCUT2D eigenvalue weighted by Gasteiger charge is 2.40. The van der Waals surface area contributed by atoms with E-state index in [1.165, 1.54) is 10.4 Å². The van der Waals surface area contributed by atoms with Crippen LogP contribution in [0.15, 0.2) is 65.7 Å². The maximum atomic E-state index is 13.7. The first-order chi connectivity index (χ1) is 19.5. The van der Waals surface area contributed by atoms with Gasteiger partial charge in [-0.1, -0.05) is 12.1 Å². The lowest BCUT2D eigenvalue weighted by Crippen LogP contribution is -2.45. The molecule has 0 radical (unpaired) electrons. The van der Waals surface area contributed by atoms with E-state index in [2.05, 4.69) is 11.1 Å². The number of benzene rings is 2. The Morgan fingerprint density at radius 3 is 2.56 bits per heavy atom. The van der Waals surface area contributed by atoms with E-state index in [-0.39, 0.29) is 24.8 Å². The summed E-state index contributed by atoms with van der Waals surface area (Å²) in [6.45, 7) is 3.43. The van der Waals surface area contributed by atoms with Gasteiger partial charge in [0.25, 0.3) is 0 Å². The molecule has 1 N–H and O–H groups in total. The van der Waals surface area contributed by atoms with Gasteiger partial charge in [-0.05, 0) is 67.8 Å². The Morgan fingerprint density at radius 2 is 1.80 bits per heavy atom. The Balaban J connectivity index is 1.20. The number of fused-ring (bicyclic) bond motifs is 2. The molecule has 216 valence electrons. The summed E-state index contributed by atoms with van der Waals surface area (Å²) in [5, 5.41) is 0. The van der Waals surface area contributed by atoms with E-state index >= 15 is 0 Å². The second kappa shape index (κ2) is 10.3. The van der Waals surface area contributed by atoms with Gasteiger partial charge < -0.3 is 14.5 Å². The van der Waals surface area contributed by atoms with Crippen LogP contribution in [-0.2, 0) is 27.5 Å². The normalized spacial score (nSPS) is 19.0. The minimum Gasteiger partial charge on any atom is -0.349 e. The number of carbonyl (C=O) groups is 1. The van der Waals surface area contributed by atoms with Crippen molar-refractivity contribution in [1.29, 1.82) is 0 Å². The van der Waals surface area contributed by atoms with Gasteiger partial charge in [0.05, 0.1) is 27.5 Å². The van der Waals surface area contributed by atoms with Crippen LogP contribution < -0.4 is 0 Å². The van der Waals surface area contributed by atoms with Gasteiger partial charge in [-0.3, -0.25) is 4.79 Å². The summed E-state index contributed by atoms with van der Waals surface area (Å²) in [5.74, 6) is 0.894. The van der Waals surface area contributed by atoms with Gasteiger partial charge in [0, 0.05) is 50.4 Å². The summed E-state index contributed by atoms with van der Waals surface area (Å²) in [5.41, 5.74) is 2.65. The van der Waals surface area contributed by atoms with Crippen LogP contribution in [-0.4, -0.2) is 57.7 Å². The number of nitrogens with zero attached hydrogens (tertiary/aromatic N) is 4. The molecule has 1 saturated heterocycles. The lowest BCUT2D eigenvalue weighted by Gasteiger charge is -2.38. The topological polar surface area (TPSA) is 91.3 Å². The van der Waals surface area contributed by atoms with Crippen LogP contribution in [0.3, 0.4) is 0 Å². The van der Waals surface area contributed by atoms with E-state index in [4.69, 9.17) is 4.98 Å². The minimum atomic E-state index is -4.68. The molecule has 1 amide bonds. The maximum Gasteiger partial charge on any atom is 0.416 e. The number of rotatable bonds is 5. The first-order valence-electron chi connectivity index (χ1n) is 13.6. The molecule has 2 aliphatic heterocycles. The van der Waals surface area contributed by atoms with Crippen molar-refractivity contribution in [2.24, 2.45) is 0 Å². The predicted octanol–water partition coefficient (Wildman–Crippen LogP) is 5.23. The Bertz CT molecular complexity index is 1700. The van der Waals surface area contributed by atoms with E-state index in [9.17, 15) is 26.4 Å². The molecule has 2 aromatic carbocycles. The standard InChI is InChI=1S/C29H30F3N5O3S/c1-19-7-8-23-24(16-19)34-28(33-23)20-9-12-36(13-10-20)27(38)18-26-25-6-3-11-35(25)14-15-37(26)41(39,40)22-5-2-4-21(17-22)29(30,31)32/h2-8,11,16-17,20,26H,9-10,12-15,18H2,1H3,(H,33,34). The van der Waals surface area contributed by atoms with E-state index in [1.54, 1.807) is 17.0 Å². The second-order valence-corrected chi connectivity index (χ2v) is 12.7. The maximum absolute atomic E-state index is 13.7. The average Bonchev–Trinajstić information content (AvgIpc) is 3.60. The number of hydrogen-bond acceptors (Lipinski definition) is 4. The third-order valence-electron chi connectivity index (χ3n) is 8.14. The minimum absolute atomic E-state index is 0.0474. The summed E-state index contributed by atoms with van der Waals surface area (Å²) in [4.78, 5) is 23.0. The van der Waals surface area contributed by atoms with Gasteiger partial charge in [-0.25, -0.2) is 13.4 Å². The molecule has 0 aliphatic carbocycles. The van der Waals surface area contributed by atoms with Gasteiger partial charge >= 0.3 is 6.18 Å². The van der Waals surface area contributed by atoms with Crippen molar-refractivity contribution in [2.75, 3.05) is 19.6 Å². The van der Waals surface area contributed by atoms with Crippen LogP contribution in [0.1, 0.15) is 53.9 Å². The fourth-order valence-corrected chi connectivity index (χ4v) is 7.58. The van der Waals surface area contributed by atoms with Crippen molar-refractivity contribution in [2.45, 2.75) is 55.8 Å². The molecule has 6 rings (SSSR count). The van der Waals surface area contributed by atoms with Gasteiger partial charge in [0.1, 0.15) is 5.82 Å². The van der Waals surface area contributed by atoms with Crippen molar-refractivity contribution in [3.8, 4) is 0 Å². The molecule has 1 fully saturated rings. The quantitative estimate of drug-likeness (QED) is 0.347. The number of sulfonamides is 1. The fraction of sp³-hybridized carbons (Fsp3) is 0.379. The molecule has 0 spiro atoms. The van der Waals surface area contributed by atoms with Gasteiger partial charge in [-0.2, -0.15) is 17.5 Å². The van der Waals surface area contributed by atoms with Crippen LogP contribution in [0.4, 0.5) is 13.2 Å². The molecule has 1 unspecified atom stereocenters. The number of nitrogens with one attached hydrogen (secondary N) is 1. The molecule has 8 nitrogen and oxygen atoms in total. The Hall–Kier alpha value is -3.64. The molecular weight excluding hydrogens is 555 g/mol. The number of aromatic nitrogens is 3. The first-order valence-corrected chi connectivity index (χ1v) is 15.0. The number of hydrogen-bond donors (Lipinski definition) is 1. The van der Waals surface area contributed by atoms with E-state index in [0.717, 1.165) is 47.4 Å². The summed E-state index contributed by atoms with van der Waals surface area (Å²) in [6.07, 6.45) is -1.52. The number of alkyl halides is 3. The third-order valence-corrected chi connectivity index (χ3v) is 10.0. The number of aromatic amines is 1. The Morgan fingerprint density at radius 1 is 1.02 bits per heavy atom. The molecule has 1 atom stereocenters. The number of piperidine rings is 1. The molecular formula is C29H30F3N5O3S. The fourth-order valence-electron chi connectivity index (χ4n) is 5.94. The van der Waals surface area contributed by atoms with Crippen LogP contribution in [0.5, 0.6) is 0 Å². The zero-order chi connectivity index (χ0) is 28.9. The monoisotopic (exact) mass is 585 g/mol. The van der Waals surface area contributed by atoms with E-state index in [0.29, 0.717) is 31.4 Å². The van der Waals surface area contributed by atoms with Gasteiger partial charge in [0.15, 0.2) is 0 Å². The Labute approximate surface area is 235 Å². The van der Waals surface area contributed by atoms with Gasteiger partial charge in [0.2, 0.25) is 15.9 Å². The van der Waals surface area contributed by atoms with Gasteiger partial charge in [-0.15, -0.1) is 0 Å². The zero-order valence-corrected chi connectivity index (χ0v) is 23.3. The van der Waals surface area contributed by atoms with Crippen molar-refractivity contribution in [3.63, 3.8) is 0 Å².